The minimum Gasteiger partial charge on any atom is -0.480 e. The molecule has 0 fully saturated rings. The number of nitrogens with zero attached hydrogens (tertiary/aromatic N) is 2. The number of fused-ring (bicyclic) bond motifs is 1. The van der Waals surface area contributed by atoms with Gasteiger partial charge in [0.1, 0.15) is 0 Å². The summed E-state index contributed by atoms with van der Waals surface area (Å²) in [5.41, 5.74) is 2.29. The van der Waals surface area contributed by atoms with E-state index in [-0.39, 0.29) is 12.5 Å². The van der Waals surface area contributed by atoms with Crippen LogP contribution in [0.25, 0.3) is 0 Å². The molecule has 0 bridgehead atoms. The molecular formula is C15H14N2O2. The van der Waals surface area contributed by atoms with E-state index in [9.17, 15) is 4.79 Å². The lowest BCUT2D eigenvalue weighted by atomic mass is 10.1. The number of anilines is 1. The molecule has 3 rings (SSSR count). The zero-order chi connectivity index (χ0) is 13.2. The average Bonchev–Trinajstić information content (AvgIpc) is 2.44. The molecule has 1 aromatic carbocycles. The molecule has 0 atom stereocenters. The molecule has 0 radical (unpaired) electrons. The second-order valence-electron chi connectivity index (χ2n) is 4.58. The summed E-state index contributed by atoms with van der Waals surface area (Å²) >= 11 is 0. The minimum absolute atomic E-state index is 0.0632. The molecule has 2 heterocycles. The van der Waals surface area contributed by atoms with E-state index in [1.165, 1.54) is 5.56 Å². The van der Waals surface area contributed by atoms with Crippen molar-refractivity contribution in [3.05, 3.63) is 53.7 Å². The van der Waals surface area contributed by atoms with Crippen LogP contribution in [0.2, 0.25) is 0 Å². The van der Waals surface area contributed by atoms with Gasteiger partial charge in [0.25, 0.3) is 5.91 Å². The van der Waals surface area contributed by atoms with Crippen LogP contribution in [-0.2, 0) is 11.3 Å². The zero-order valence-electron chi connectivity index (χ0n) is 10.7. The number of carbonyl (C=O) groups is 1. The van der Waals surface area contributed by atoms with Crippen molar-refractivity contribution in [2.45, 2.75) is 13.5 Å². The lowest BCUT2D eigenvalue weighted by molar-refractivity contribution is -0.121. The Labute approximate surface area is 111 Å². The Balaban J connectivity index is 1.91. The van der Waals surface area contributed by atoms with Crippen molar-refractivity contribution in [1.82, 2.24) is 4.98 Å². The highest BCUT2D eigenvalue weighted by molar-refractivity contribution is 5.96. The highest BCUT2D eigenvalue weighted by Crippen LogP contribution is 2.30. The predicted octanol–water partition coefficient (Wildman–Crippen LogP) is 2.32. The van der Waals surface area contributed by atoms with E-state index in [0.717, 1.165) is 5.56 Å². The van der Waals surface area contributed by atoms with Crippen molar-refractivity contribution >= 4 is 11.7 Å². The van der Waals surface area contributed by atoms with Gasteiger partial charge in [-0.15, -0.1) is 0 Å². The lowest BCUT2D eigenvalue weighted by Crippen LogP contribution is -2.38. The monoisotopic (exact) mass is 254 g/mol. The molecule has 0 N–H and O–H groups in total. The van der Waals surface area contributed by atoms with Gasteiger partial charge in [0.15, 0.2) is 18.2 Å². The lowest BCUT2D eigenvalue weighted by Gasteiger charge is -2.28. The summed E-state index contributed by atoms with van der Waals surface area (Å²) in [7, 11) is 0. The molecule has 96 valence electrons. The number of hydrogen-bond donors (Lipinski definition) is 0. The summed E-state index contributed by atoms with van der Waals surface area (Å²) in [5, 5.41) is 0. The Kier molecular flexibility index (Phi) is 2.91. The minimum atomic E-state index is -0.0632. The first-order valence-electron chi connectivity index (χ1n) is 6.18. The Hall–Kier alpha value is -2.36. The molecule has 2 aromatic rings. The third kappa shape index (κ3) is 2.29. The quantitative estimate of drug-likeness (QED) is 0.826. The number of rotatable bonds is 2. The van der Waals surface area contributed by atoms with Crippen LogP contribution < -0.4 is 9.64 Å². The number of amides is 1. The smallest absolute Gasteiger partial charge is 0.266 e. The van der Waals surface area contributed by atoms with E-state index in [0.29, 0.717) is 18.1 Å². The Morgan fingerprint density at radius 2 is 2.05 bits per heavy atom. The van der Waals surface area contributed by atoms with Gasteiger partial charge < -0.3 is 4.74 Å². The van der Waals surface area contributed by atoms with E-state index in [2.05, 4.69) is 4.98 Å². The fourth-order valence-corrected chi connectivity index (χ4v) is 2.07. The number of ether oxygens (including phenoxy) is 1. The van der Waals surface area contributed by atoms with Gasteiger partial charge in [-0.2, -0.15) is 0 Å². The number of hydrogen-bond acceptors (Lipinski definition) is 3. The van der Waals surface area contributed by atoms with Crippen molar-refractivity contribution in [3.8, 4) is 5.75 Å². The molecule has 1 aromatic heterocycles. The molecule has 0 saturated heterocycles. The second kappa shape index (κ2) is 4.72. The SMILES string of the molecule is Cc1ccc(CN2C(=O)COc3cccnc32)cc1. The summed E-state index contributed by atoms with van der Waals surface area (Å²) in [6.07, 6.45) is 1.67. The topological polar surface area (TPSA) is 42.4 Å². The number of carbonyl (C=O) groups excluding carboxylic acids is 1. The third-order valence-corrected chi connectivity index (χ3v) is 3.12. The summed E-state index contributed by atoms with van der Waals surface area (Å²) < 4.78 is 5.37. The van der Waals surface area contributed by atoms with Gasteiger partial charge in [-0.3, -0.25) is 9.69 Å². The summed E-state index contributed by atoms with van der Waals surface area (Å²) in [5.74, 6) is 1.19. The van der Waals surface area contributed by atoms with Crippen molar-refractivity contribution < 1.29 is 9.53 Å². The molecule has 0 saturated carbocycles. The zero-order valence-corrected chi connectivity index (χ0v) is 10.7. The van der Waals surface area contributed by atoms with Crippen molar-refractivity contribution in [1.29, 1.82) is 0 Å². The van der Waals surface area contributed by atoms with E-state index >= 15 is 0 Å². The maximum Gasteiger partial charge on any atom is 0.266 e. The maximum absolute atomic E-state index is 12.0. The van der Waals surface area contributed by atoms with Crippen molar-refractivity contribution in [3.63, 3.8) is 0 Å². The summed E-state index contributed by atoms with van der Waals surface area (Å²) in [6.45, 7) is 2.64. The van der Waals surface area contributed by atoms with E-state index in [1.54, 1.807) is 17.2 Å². The first-order chi connectivity index (χ1) is 9.24. The summed E-state index contributed by atoms with van der Waals surface area (Å²) in [4.78, 5) is 17.9. The highest BCUT2D eigenvalue weighted by Gasteiger charge is 2.26. The van der Waals surface area contributed by atoms with E-state index in [1.807, 2.05) is 37.3 Å². The van der Waals surface area contributed by atoms with Crippen LogP contribution in [0.4, 0.5) is 5.82 Å². The fourth-order valence-electron chi connectivity index (χ4n) is 2.07. The second-order valence-corrected chi connectivity index (χ2v) is 4.58. The van der Waals surface area contributed by atoms with E-state index < -0.39 is 0 Å². The van der Waals surface area contributed by atoms with Crippen molar-refractivity contribution in [2.75, 3.05) is 11.5 Å². The van der Waals surface area contributed by atoms with Crippen LogP contribution in [0.15, 0.2) is 42.6 Å². The first kappa shape index (κ1) is 11.7. The van der Waals surface area contributed by atoms with Crippen LogP contribution in [0.5, 0.6) is 5.75 Å². The normalized spacial score (nSPS) is 13.9. The summed E-state index contributed by atoms with van der Waals surface area (Å²) in [6, 6.07) is 11.8. The molecule has 4 nitrogen and oxygen atoms in total. The molecule has 1 amide bonds. The largest absolute Gasteiger partial charge is 0.480 e. The van der Waals surface area contributed by atoms with Crippen LogP contribution in [0, 0.1) is 6.92 Å². The first-order valence-corrected chi connectivity index (χ1v) is 6.18. The molecule has 0 unspecified atom stereocenters. The fraction of sp³-hybridized carbons (Fsp3) is 0.200. The van der Waals surface area contributed by atoms with Gasteiger partial charge in [0, 0.05) is 6.20 Å². The molecule has 19 heavy (non-hydrogen) atoms. The van der Waals surface area contributed by atoms with Crippen molar-refractivity contribution in [2.24, 2.45) is 0 Å². The number of aromatic nitrogens is 1. The number of pyridine rings is 1. The number of aryl methyl sites for hydroxylation is 1. The Morgan fingerprint density at radius 3 is 2.84 bits per heavy atom. The van der Waals surface area contributed by atoms with Crippen LogP contribution in [0.3, 0.4) is 0 Å². The standard InChI is InChI=1S/C15H14N2O2/c1-11-4-6-12(7-5-11)9-17-14(18)10-19-13-3-2-8-16-15(13)17/h2-8H,9-10H2,1H3. The Bertz CT molecular complexity index is 608. The van der Waals surface area contributed by atoms with Gasteiger partial charge in [0.2, 0.25) is 0 Å². The molecule has 4 heteroatoms. The number of benzene rings is 1. The Morgan fingerprint density at radius 1 is 1.26 bits per heavy atom. The van der Waals surface area contributed by atoms with Crippen LogP contribution >= 0.6 is 0 Å². The molecule has 1 aliphatic rings. The van der Waals surface area contributed by atoms with Gasteiger partial charge in [-0.05, 0) is 24.6 Å². The maximum atomic E-state index is 12.0. The van der Waals surface area contributed by atoms with Gasteiger partial charge in [-0.1, -0.05) is 29.8 Å². The highest BCUT2D eigenvalue weighted by atomic mass is 16.5. The van der Waals surface area contributed by atoms with Gasteiger partial charge >= 0.3 is 0 Å². The van der Waals surface area contributed by atoms with E-state index in [4.69, 9.17) is 4.74 Å². The average molecular weight is 254 g/mol. The molecular weight excluding hydrogens is 240 g/mol. The third-order valence-electron chi connectivity index (χ3n) is 3.12. The van der Waals surface area contributed by atoms with Gasteiger partial charge in [-0.25, -0.2) is 4.98 Å². The molecule has 1 aliphatic heterocycles. The van der Waals surface area contributed by atoms with Crippen LogP contribution in [-0.4, -0.2) is 17.5 Å². The van der Waals surface area contributed by atoms with Crippen LogP contribution in [0.1, 0.15) is 11.1 Å². The molecule has 0 spiro atoms. The predicted molar refractivity (Wildman–Crippen MR) is 72.1 cm³/mol. The van der Waals surface area contributed by atoms with Gasteiger partial charge in [0.05, 0.1) is 6.54 Å². The molecule has 0 aliphatic carbocycles.